The van der Waals surface area contributed by atoms with Crippen molar-refractivity contribution in [3.8, 4) is 5.88 Å². The van der Waals surface area contributed by atoms with Gasteiger partial charge in [-0.3, -0.25) is 0 Å². The highest BCUT2D eigenvalue weighted by Gasteiger charge is 2.03. The summed E-state index contributed by atoms with van der Waals surface area (Å²) in [6.45, 7) is 0.622. The Bertz CT molecular complexity index is 399. The van der Waals surface area contributed by atoms with Gasteiger partial charge >= 0.3 is 0 Å². The molecule has 5 nitrogen and oxygen atoms in total. The summed E-state index contributed by atoms with van der Waals surface area (Å²) in [4.78, 5) is 7.96. The Kier molecular flexibility index (Phi) is 2.40. The number of rotatable bonds is 3. The van der Waals surface area contributed by atoms with Crippen LogP contribution >= 0.6 is 0 Å². The molecule has 0 bridgehead atoms. The third-order valence-electron chi connectivity index (χ3n) is 1.84. The van der Waals surface area contributed by atoms with E-state index in [9.17, 15) is 0 Å². The standard InChI is InChI=1S/C9H10N4O/c1-14-9-8(3-2-4-11-9)5-13-7-10-6-12-13/h2-4,6-7H,5H2,1H3. The van der Waals surface area contributed by atoms with Crippen molar-refractivity contribution in [2.75, 3.05) is 7.11 Å². The van der Waals surface area contributed by atoms with E-state index in [0.717, 1.165) is 5.56 Å². The zero-order valence-electron chi connectivity index (χ0n) is 7.79. The minimum Gasteiger partial charge on any atom is -0.481 e. The number of hydrogen-bond acceptors (Lipinski definition) is 4. The molecule has 72 valence electrons. The first-order valence-electron chi connectivity index (χ1n) is 4.20. The maximum Gasteiger partial charge on any atom is 0.218 e. The van der Waals surface area contributed by atoms with Crippen LogP contribution in [0.4, 0.5) is 0 Å². The van der Waals surface area contributed by atoms with Gasteiger partial charge < -0.3 is 4.74 Å². The van der Waals surface area contributed by atoms with Crippen LogP contribution < -0.4 is 4.74 Å². The average Bonchev–Trinajstić information content (AvgIpc) is 2.71. The van der Waals surface area contributed by atoms with E-state index in [-0.39, 0.29) is 0 Å². The van der Waals surface area contributed by atoms with Crippen molar-refractivity contribution in [2.24, 2.45) is 0 Å². The zero-order chi connectivity index (χ0) is 9.80. The molecule has 0 aliphatic heterocycles. The average molecular weight is 190 g/mol. The summed E-state index contributed by atoms with van der Waals surface area (Å²) in [6, 6.07) is 3.82. The first-order chi connectivity index (χ1) is 6.90. The second-order valence-electron chi connectivity index (χ2n) is 2.76. The van der Waals surface area contributed by atoms with Crippen LogP contribution in [0.25, 0.3) is 0 Å². The van der Waals surface area contributed by atoms with Gasteiger partial charge in [0.1, 0.15) is 12.7 Å². The summed E-state index contributed by atoms with van der Waals surface area (Å²) in [5, 5.41) is 4.01. The minimum atomic E-state index is 0.622. The maximum atomic E-state index is 5.12. The van der Waals surface area contributed by atoms with E-state index in [4.69, 9.17) is 4.74 Å². The van der Waals surface area contributed by atoms with E-state index < -0.39 is 0 Å². The Labute approximate surface area is 81.4 Å². The molecule has 0 N–H and O–H groups in total. The second-order valence-corrected chi connectivity index (χ2v) is 2.76. The molecule has 14 heavy (non-hydrogen) atoms. The van der Waals surface area contributed by atoms with Crippen molar-refractivity contribution in [1.82, 2.24) is 19.7 Å². The van der Waals surface area contributed by atoms with Crippen LogP contribution in [-0.2, 0) is 6.54 Å². The smallest absolute Gasteiger partial charge is 0.218 e. The predicted octanol–water partition coefficient (Wildman–Crippen LogP) is 0.730. The van der Waals surface area contributed by atoms with E-state index in [1.54, 1.807) is 24.3 Å². The molecule has 0 aromatic carbocycles. The molecule has 0 amide bonds. The van der Waals surface area contributed by atoms with Crippen molar-refractivity contribution in [3.05, 3.63) is 36.5 Å². The minimum absolute atomic E-state index is 0.622. The van der Waals surface area contributed by atoms with Gasteiger partial charge in [-0.25, -0.2) is 14.6 Å². The van der Waals surface area contributed by atoms with Crippen LogP contribution in [0.5, 0.6) is 5.88 Å². The molecule has 0 spiro atoms. The normalized spacial score (nSPS) is 10.1. The molecule has 0 radical (unpaired) electrons. The van der Waals surface area contributed by atoms with Crippen LogP contribution in [0.1, 0.15) is 5.56 Å². The molecule has 0 unspecified atom stereocenters. The number of methoxy groups -OCH3 is 1. The summed E-state index contributed by atoms with van der Waals surface area (Å²) in [7, 11) is 1.60. The Morgan fingerprint density at radius 2 is 2.43 bits per heavy atom. The molecule has 0 fully saturated rings. The third kappa shape index (κ3) is 1.71. The van der Waals surface area contributed by atoms with Crippen LogP contribution in [0, 0.1) is 0 Å². The number of nitrogens with zero attached hydrogens (tertiary/aromatic N) is 4. The number of aromatic nitrogens is 4. The molecule has 5 heteroatoms. The number of pyridine rings is 1. The van der Waals surface area contributed by atoms with Crippen molar-refractivity contribution >= 4 is 0 Å². The molecule has 0 aliphatic carbocycles. The Morgan fingerprint density at radius 1 is 1.50 bits per heavy atom. The van der Waals surface area contributed by atoms with Gasteiger partial charge in [-0.1, -0.05) is 6.07 Å². The molecule has 0 saturated heterocycles. The molecule has 2 aromatic rings. The lowest BCUT2D eigenvalue weighted by atomic mass is 10.3. The topological polar surface area (TPSA) is 52.8 Å². The number of hydrogen-bond donors (Lipinski definition) is 0. The van der Waals surface area contributed by atoms with Gasteiger partial charge in [0.05, 0.1) is 13.7 Å². The molecular weight excluding hydrogens is 180 g/mol. The van der Waals surface area contributed by atoms with Gasteiger partial charge in [-0.05, 0) is 6.07 Å². The fraction of sp³-hybridized carbons (Fsp3) is 0.222. The quantitative estimate of drug-likeness (QED) is 0.716. The summed E-state index contributed by atoms with van der Waals surface area (Å²) in [5.41, 5.74) is 0.987. The number of ether oxygens (including phenoxy) is 1. The highest BCUT2D eigenvalue weighted by molar-refractivity contribution is 5.25. The zero-order valence-corrected chi connectivity index (χ0v) is 7.79. The van der Waals surface area contributed by atoms with Crippen LogP contribution in [-0.4, -0.2) is 26.9 Å². The Morgan fingerprint density at radius 3 is 3.14 bits per heavy atom. The highest BCUT2D eigenvalue weighted by Crippen LogP contribution is 2.13. The van der Waals surface area contributed by atoms with Gasteiger partial charge in [-0.2, -0.15) is 5.10 Å². The monoisotopic (exact) mass is 190 g/mol. The fourth-order valence-electron chi connectivity index (χ4n) is 1.22. The van der Waals surface area contributed by atoms with E-state index in [0.29, 0.717) is 12.4 Å². The Hall–Kier alpha value is -1.91. The van der Waals surface area contributed by atoms with Gasteiger partial charge in [0, 0.05) is 11.8 Å². The van der Waals surface area contributed by atoms with Crippen LogP contribution in [0.3, 0.4) is 0 Å². The SMILES string of the molecule is COc1ncccc1Cn1cncn1. The first kappa shape index (κ1) is 8.68. The summed E-state index contributed by atoms with van der Waals surface area (Å²) < 4.78 is 6.84. The van der Waals surface area contributed by atoms with E-state index >= 15 is 0 Å². The molecular formula is C9H10N4O. The Balaban J connectivity index is 2.24. The lowest BCUT2D eigenvalue weighted by Gasteiger charge is -2.05. The van der Waals surface area contributed by atoms with Crippen molar-refractivity contribution < 1.29 is 4.74 Å². The van der Waals surface area contributed by atoms with Gasteiger partial charge in [0.15, 0.2) is 0 Å². The molecule has 2 heterocycles. The van der Waals surface area contributed by atoms with Gasteiger partial charge in [0.25, 0.3) is 0 Å². The largest absolute Gasteiger partial charge is 0.481 e. The van der Waals surface area contributed by atoms with Crippen molar-refractivity contribution in [3.63, 3.8) is 0 Å². The molecule has 0 aliphatic rings. The van der Waals surface area contributed by atoms with E-state index in [1.807, 2.05) is 12.1 Å². The summed E-state index contributed by atoms with van der Waals surface area (Å²) >= 11 is 0. The maximum absolute atomic E-state index is 5.12. The first-order valence-corrected chi connectivity index (χ1v) is 4.20. The second kappa shape index (κ2) is 3.87. The molecule has 2 rings (SSSR count). The highest BCUT2D eigenvalue weighted by atomic mass is 16.5. The fourth-order valence-corrected chi connectivity index (χ4v) is 1.22. The van der Waals surface area contributed by atoms with Crippen molar-refractivity contribution in [2.45, 2.75) is 6.54 Å². The van der Waals surface area contributed by atoms with E-state index in [2.05, 4.69) is 15.1 Å². The van der Waals surface area contributed by atoms with Crippen LogP contribution in [0.2, 0.25) is 0 Å². The summed E-state index contributed by atoms with van der Waals surface area (Å²) in [5.74, 6) is 0.628. The van der Waals surface area contributed by atoms with Crippen molar-refractivity contribution in [1.29, 1.82) is 0 Å². The lowest BCUT2D eigenvalue weighted by molar-refractivity contribution is 0.390. The molecule has 0 saturated carbocycles. The van der Waals surface area contributed by atoms with E-state index in [1.165, 1.54) is 6.33 Å². The molecule has 2 aromatic heterocycles. The van der Waals surface area contributed by atoms with Crippen LogP contribution in [0.15, 0.2) is 31.0 Å². The predicted molar refractivity (Wildman–Crippen MR) is 49.9 cm³/mol. The third-order valence-corrected chi connectivity index (χ3v) is 1.84. The lowest BCUT2D eigenvalue weighted by Crippen LogP contribution is -2.03. The molecule has 0 atom stereocenters. The summed E-state index contributed by atoms with van der Waals surface area (Å²) in [6.07, 6.45) is 4.86. The van der Waals surface area contributed by atoms with Gasteiger partial charge in [0.2, 0.25) is 5.88 Å². The van der Waals surface area contributed by atoms with Gasteiger partial charge in [-0.15, -0.1) is 0 Å².